The second-order valence-electron chi connectivity index (χ2n) is 5.18. The Morgan fingerprint density at radius 2 is 1.78 bits per heavy atom. The van der Waals surface area contributed by atoms with Gasteiger partial charge in [-0.1, -0.05) is 23.2 Å². The maximum absolute atomic E-state index is 12.3. The summed E-state index contributed by atoms with van der Waals surface area (Å²) in [5.41, 5.74) is 0.896. The lowest BCUT2D eigenvalue weighted by Gasteiger charge is -2.36. The Balaban J connectivity index is 1.66. The Labute approximate surface area is 142 Å². The zero-order valence-corrected chi connectivity index (χ0v) is 13.6. The van der Waals surface area contributed by atoms with Crippen molar-refractivity contribution in [1.29, 1.82) is 0 Å². The number of carbonyl (C=O) groups is 1. The molecule has 23 heavy (non-hydrogen) atoms. The van der Waals surface area contributed by atoms with E-state index in [4.69, 9.17) is 23.2 Å². The zero-order valence-electron chi connectivity index (χ0n) is 12.1. The molecule has 0 atom stereocenters. The number of piperazine rings is 1. The number of rotatable bonds is 2. The molecular weight excluding hydrogens is 339 g/mol. The van der Waals surface area contributed by atoms with Crippen LogP contribution in [0.2, 0.25) is 10.0 Å². The average Bonchev–Trinajstić information content (AvgIpc) is 2.57. The van der Waals surface area contributed by atoms with Gasteiger partial charge in [0.1, 0.15) is 5.69 Å². The van der Waals surface area contributed by atoms with E-state index in [9.17, 15) is 9.59 Å². The van der Waals surface area contributed by atoms with Crippen LogP contribution in [-0.2, 0) is 0 Å². The summed E-state index contributed by atoms with van der Waals surface area (Å²) in [4.78, 5) is 27.2. The summed E-state index contributed by atoms with van der Waals surface area (Å²) in [6.45, 7) is 2.51. The summed E-state index contributed by atoms with van der Waals surface area (Å²) in [5, 5.41) is 7.09. The molecule has 120 valence electrons. The molecule has 0 aliphatic carbocycles. The van der Waals surface area contributed by atoms with E-state index < -0.39 is 0 Å². The van der Waals surface area contributed by atoms with Gasteiger partial charge in [-0.05, 0) is 24.3 Å². The minimum absolute atomic E-state index is 0.185. The highest BCUT2D eigenvalue weighted by molar-refractivity contribution is 6.42. The number of nitrogens with zero attached hydrogens (tertiary/aromatic N) is 3. The third-order valence-electron chi connectivity index (χ3n) is 3.73. The zero-order chi connectivity index (χ0) is 16.4. The van der Waals surface area contributed by atoms with Gasteiger partial charge < -0.3 is 9.80 Å². The first-order valence-corrected chi connectivity index (χ1v) is 7.85. The van der Waals surface area contributed by atoms with Crippen molar-refractivity contribution in [3.63, 3.8) is 0 Å². The lowest BCUT2D eigenvalue weighted by atomic mass is 10.2. The number of hydrogen-bond acceptors (Lipinski definition) is 4. The number of H-pyrrole nitrogens is 1. The smallest absolute Gasteiger partial charge is 0.274 e. The second kappa shape index (κ2) is 6.60. The minimum Gasteiger partial charge on any atom is -0.368 e. The van der Waals surface area contributed by atoms with Crippen LogP contribution in [0.4, 0.5) is 5.69 Å². The van der Waals surface area contributed by atoms with Gasteiger partial charge in [0, 0.05) is 37.9 Å². The number of nitrogens with one attached hydrogen (secondary N) is 1. The summed E-state index contributed by atoms with van der Waals surface area (Å²) in [5.74, 6) is -0.185. The second-order valence-corrected chi connectivity index (χ2v) is 6.00. The molecular formula is C15H14Cl2N4O2. The summed E-state index contributed by atoms with van der Waals surface area (Å²) < 4.78 is 0. The van der Waals surface area contributed by atoms with Crippen LogP contribution in [-0.4, -0.2) is 47.2 Å². The molecule has 0 unspecified atom stereocenters. The maximum atomic E-state index is 12.3. The van der Waals surface area contributed by atoms with Gasteiger partial charge in [-0.15, -0.1) is 0 Å². The fourth-order valence-corrected chi connectivity index (χ4v) is 2.77. The Morgan fingerprint density at radius 1 is 1.04 bits per heavy atom. The monoisotopic (exact) mass is 352 g/mol. The quantitative estimate of drug-likeness (QED) is 0.897. The van der Waals surface area contributed by atoms with E-state index in [1.54, 1.807) is 11.0 Å². The molecule has 1 aliphatic rings. The molecule has 1 aliphatic heterocycles. The number of aromatic nitrogens is 2. The topological polar surface area (TPSA) is 69.3 Å². The van der Waals surface area contributed by atoms with Crippen LogP contribution in [0.5, 0.6) is 0 Å². The van der Waals surface area contributed by atoms with Gasteiger partial charge in [-0.2, -0.15) is 5.10 Å². The molecule has 1 N–H and O–H groups in total. The van der Waals surface area contributed by atoms with Crippen molar-refractivity contribution in [2.75, 3.05) is 31.1 Å². The molecule has 2 aromatic rings. The van der Waals surface area contributed by atoms with E-state index >= 15 is 0 Å². The van der Waals surface area contributed by atoms with Crippen LogP contribution in [0.25, 0.3) is 0 Å². The SMILES string of the molecule is O=C(c1ccc(=O)[nH]n1)N1CCN(c2ccc(Cl)c(Cl)c2)CC1. The van der Waals surface area contributed by atoms with Crippen molar-refractivity contribution in [3.8, 4) is 0 Å². The van der Waals surface area contributed by atoms with Crippen molar-refractivity contribution in [3.05, 3.63) is 56.4 Å². The van der Waals surface area contributed by atoms with Crippen molar-refractivity contribution in [2.45, 2.75) is 0 Å². The van der Waals surface area contributed by atoms with E-state index in [1.165, 1.54) is 12.1 Å². The molecule has 6 nitrogen and oxygen atoms in total. The summed E-state index contributed by atoms with van der Waals surface area (Å²) in [7, 11) is 0. The molecule has 1 saturated heterocycles. The highest BCUT2D eigenvalue weighted by atomic mass is 35.5. The normalized spacial score (nSPS) is 14.9. The Morgan fingerprint density at radius 3 is 2.39 bits per heavy atom. The minimum atomic E-state index is -0.328. The first-order chi connectivity index (χ1) is 11.0. The number of aromatic amines is 1. The number of halogens is 2. The van der Waals surface area contributed by atoms with E-state index in [1.807, 2.05) is 12.1 Å². The van der Waals surface area contributed by atoms with Crippen LogP contribution in [0.3, 0.4) is 0 Å². The largest absolute Gasteiger partial charge is 0.368 e. The number of benzene rings is 1. The van der Waals surface area contributed by atoms with Crippen molar-refractivity contribution >= 4 is 34.8 Å². The van der Waals surface area contributed by atoms with Gasteiger partial charge >= 0.3 is 0 Å². The molecule has 1 aromatic carbocycles. The molecule has 2 heterocycles. The van der Waals surface area contributed by atoms with Crippen molar-refractivity contribution < 1.29 is 4.79 Å². The predicted molar refractivity (Wildman–Crippen MR) is 89.4 cm³/mol. The number of amides is 1. The van der Waals surface area contributed by atoms with Gasteiger partial charge in [0.15, 0.2) is 0 Å². The fourth-order valence-electron chi connectivity index (χ4n) is 2.48. The van der Waals surface area contributed by atoms with Crippen LogP contribution >= 0.6 is 23.2 Å². The summed E-state index contributed by atoms with van der Waals surface area (Å²) in [6.07, 6.45) is 0. The number of anilines is 1. The van der Waals surface area contributed by atoms with Crippen LogP contribution in [0, 0.1) is 0 Å². The highest BCUT2D eigenvalue weighted by Gasteiger charge is 2.23. The van der Waals surface area contributed by atoms with E-state index in [-0.39, 0.29) is 17.2 Å². The summed E-state index contributed by atoms with van der Waals surface area (Å²) in [6, 6.07) is 8.24. The number of carbonyl (C=O) groups excluding carboxylic acids is 1. The molecule has 1 fully saturated rings. The molecule has 0 saturated carbocycles. The lowest BCUT2D eigenvalue weighted by molar-refractivity contribution is 0.0739. The molecule has 8 heteroatoms. The van der Waals surface area contributed by atoms with Gasteiger partial charge in [-0.25, -0.2) is 5.10 Å². The van der Waals surface area contributed by atoms with Crippen LogP contribution < -0.4 is 10.5 Å². The first-order valence-electron chi connectivity index (χ1n) is 7.09. The van der Waals surface area contributed by atoms with E-state index in [0.717, 1.165) is 5.69 Å². The predicted octanol–water partition coefficient (Wildman–Crippen LogP) is 2.04. The molecule has 1 aromatic heterocycles. The molecule has 3 rings (SSSR count). The highest BCUT2D eigenvalue weighted by Crippen LogP contribution is 2.27. The molecule has 0 bridgehead atoms. The molecule has 0 radical (unpaired) electrons. The van der Waals surface area contributed by atoms with Gasteiger partial charge in [0.25, 0.3) is 11.5 Å². The first kappa shape index (κ1) is 15.8. The standard InChI is InChI=1S/C15H14Cl2N4O2/c16-11-2-1-10(9-12(11)17)20-5-7-21(8-6-20)15(23)13-3-4-14(22)19-18-13/h1-4,9H,5-8H2,(H,19,22). The third kappa shape index (κ3) is 3.48. The van der Waals surface area contributed by atoms with Crippen LogP contribution in [0.15, 0.2) is 35.1 Å². The fraction of sp³-hybridized carbons (Fsp3) is 0.267. The average molecular weight is 353 g/mol. The molecule has 0 spiro atoms. The molecule has 1 amide bonds. The summed E-state index contributed by atoms with van der Waals surface area (Å²) >= 11 is 12.0. The van der Waals surface area contributed by atoms with Gasteiger partial charge in [0.2, 0.25) is 0 Å². The maximum Gasteiger partial charge on any atom is 0.274 e. The van der Waals surface area contributed by atoms with Crippen LogP contribution in [0.1, 0.15) is 10.5 Å². The Kier molecular flexibility index (Phi) is 4.54. The lowest BCUT2D eigenvalue weighted by Crippen LogP contribution is -2.49. The van der Waals surface area contributed by atoms with Gasteiger partial charge in [0.05, 0.1) is 10.0 Å². The third-order valence-corrected chi connectivity index (χ3v) is 4.47. The van der Waals surface area contributed by atoms with Gasteiger partial charge in [-0.3, -0.25) is 9.59 Å². The Hall–Kier alpha value is -2.05. The van der Waals surface area contributed by atoms with Crippen molar-refractivity contribution in [1.82, 2.24) is 15.1 Å². The van der Waals surface area contributed by atoms with Crippen molar-refractivity contribution in [2.24, 2.45) is 0 Å². The number of hydrogen-bond donors (Lipinski definition) is 1. The van der Waals surface area contributed by atoms with E-state index in [0.29, 0.717) is 36.2 Å². The van der Waals surface area contributed by atoms with E-state index in [2.05, 4.69) is 15.1 Å². The Bertz CT molecular complexity index is 765.